The first-order chi connectivity index (χ1) is 9.52. The summed E-state index contributed by atoms with van der Waals surface area (Å²) in [5.41, 5.74) is 7.21. The number of nitrogens with zero attached hydrogens (tertiary/aromatic N) is 2. The molecule has 0 amide bonds. The van der Waals surface area contributed by atoms with Crippen molar-refractivity contribution in [3.8, 4) is 0 Å². The normalized spacial score (nSPS) is 24.9. The summed E-state index contributed by atoms with van der Waals surface area (Å²) in [6, 6.07) is 0. The predicted molar refractivity (Wildman–Crippen MR) is 87.0 cm³/mol. The molecule has 3 nitrogen and oxygen atoms in total. The molecule has 0 aromatic rings. The average Bonchev–Trinajstić information content (AvgIpc) is 2.88. The third kappa shape index (κ3) is 3.55. The van der Waals surface area contributed by atoms with Gasteiger partial charge in [-0.2, -0.15) is 0 Å². The van der Waals surface area contributed by atoms with E-state index in [1.54, 1.807) is 0 Å². The summed E-state index contributed by atoms with van der Waals surface area (Å²) in [6.07, 6.45) is 12.6. The van der Waals surface area contributed by atoms with Crippen LogP contribution in [-0.4, -0.2) is 56.1 Å². The molecule has 3 heteroatoms. The zero-order valence-corrected chi connectivity index (χ0v) is 14.0. The smallest absolute Gasteiger partial charge is 0.0329 e. The molecule has 2 N–H and O–H groups in total. The van der Waals surface area contributed by atoms with Gasteiger partial charge < -0.3 is 10.6 Å². The van der Waals surface area contributed by atoms with Crippen LogP contribution in [0.4, 0.5) is 0 Å². The molecule has 0 aromatic heterocycles. The second kappa shape index (κ2) is 6.76. The molecule has 0 unspecified atom stereocenters. The first-order valence-electron chi connectivity index (χ1n) is 8.58. The molecule has 0 heterocycles. The fourth-order valence-corrected chi connectivity index (χ4v) is 4.47. The third-order valence-electron chi connectivity index (χ3n) is 6.19. The molecule has 2 rings (SSSR count). The molecule has 2 aliphatic carbocycles. The van der Waals surface area contributed by atoms with Crippen molar-refractivity contribution >= 4 is 0 Å². The van der Waals surface area contributed by atoms with Gasteiger partial charge in [0.2, 0.25) is 0 Å². The van der Waals surface area contributed by atoms with Crippen molar-refractivity contribution in [3.05, 3.63) is 0 Å². The zero-order chi connectivity index (χ0) is 14.6. The van der Waals surface area contributed by atoms with Crippen LogP contribution in [0.25, 0.3) is 0 Å². The van der Waals surface area contributed by atoms with E-state index < -0.39 is 0 Å². The fourth-order valence-electron chi connectivity index (χ4n) is 4.47. The molecular weight excluding hydrogens is 246 g/mol. The molecule has 0 saturated heterocycles. The van der Waals surface area contributed by atoms with Gasteiger partial charge in [-0.05, 0) is 84.6 Å². The Morgan fingerprint density at radius 1 is 0.850 bits per heavy atom. The summed E-state index contributed by atoms with van der Waals surface area (Å²) in [7, 11) is 6.61. The van der Waals surface area contributed by atoms with Gasteiger partial charge in [0, 0.05) is 12.1 Å². The van der Waals surface area contributed by atoms with Crippen LogP contribution in [0.2, 0.25) is 0 Å². The van der Waals surface area contributed by atoms with Crippen LogP contribution in [0.15, 0.2) is 0 Å². The van der Waals surface area contributed by atoms with Gasteiger partial charge in [-0.3, -0.25) is 4.90 Å². The third-order valence-corrected chi connectivity index (χ3v) is 6.19. The Balaban J connectivity index is 1.87. The van der Waals surface area contributed by atoms with Crippen LogP contribution in [0, 0.1) is 5.41 Å². The van der Waals surface area contributed by atoms with Crippen LogP contribution >= 0.6 is 0 Å². The highest BCUT2D eigenvalue weighted by atomic mass is 15.2. The van der Waals surface area contributed by atoms with Crippen molar-refractivity contribution in [2.75, 3.05) is 40.8 Å². The molecule has 0 atom stereocenters. The SMILES string of the molecule is CN(C)CCCN(C)C1(CN)CCC2(CCCC2)CC1. The zero-order valence-electron chi connectivity index (χ0n) is 14.0. The molecular formula is C17H35N3. The Labute approximate surface area is 125 Å². The molecule has 0 bridgehead atoms. The van der Waals surface area contributed by atoms with Gasteiger partial charge in [0.05, 0.1) is 0 Å². The molecule has 20 heavy (non-hydrogen) atoms. The number of hydrogen-bond donors (Lipinski definition) is 1. The second-order valence-corrected chi connectivity index (χ2v) is 7.71. The lowest BCUT2D eigenvalue weighted by molar-refractivity contribution is 0.0290. The number of rotatable bonds is 6. The molecule has 2 aliphatic rings. The van der Waals surface area contributed by atoms with Gasteiger partial charge >= 0.3 is 0 Å². The maximum Gasteiger partial charge on any atom is 0.0329 e. The standard InChI is InChI=1S/C17H35N3/c1-19(2)13-6-14-20(3)17(15-18)11-9-16(10-12-17)7-4-5-8-16/h4-15,18H2,1-3H3. The van der Waals surface area contributed by atoms with Crippen molar-refractivity contribution < 1.29 is 0 Å². The largest absolute Gasteiger partial charge is 0.329 e. The monoisotopic (exact) mass is 281 g/mol. The van der Waals surface area contributed by atoms with E-state index in [0.717, 1.165) is 6.54 Å². The number of likely N-dealkylation sites (N-methyl/N-ethyl adjacent to an activating group) is 1. The Kier molecular flexibility index (Phi) is 5.49. The Hall–Kier alpha value is -0.120. The Morgan fingerprint density at radius 2 is 1.45 bits per heavy atom. The van der Waals surface area contributed by atoms with Crippen LogP contribution in [-0.2, 0) is 0 Å². The number of hydrogen-bond acceptors (Lipinski definition) is 3. The van der Waals surface area contributed by atoms with Crippen molar-refractivity contribution in [1.29, 1.82) is 0 Å². The Morgan fingerprint density at radius 3 is 1.95 bits per heavy atom. The number of nitrogens with two attached hydrogens (primary N) is 1. The van der Waals surface area contributed by atoms with Crippen LogP contribution in [0.3, 0.4) is 0 Å². The summed E-state index contributed by atoms with van der Waals surface area (Å²) in [5.74, 6) is 0. The minimum atomic E-state index is 0.292. The fraction of sp³-hybridized carbons (Fsp3) is 1.00. The van der Waals surface area contributed by atoms with Crippen molar-refractivity contribution in [2.24, 2.45) is 11.1 Å². The van der Waals surface area contributed by atoms with Crippen molar-refractivity contribution in [2.45, 2.75) is 63.3 Å². The van der Waals surface area contributed by atoms with Gasteiger partial charge in [-0.25, -0.2) is 0 Å². The summed E-state index contributed by atoms with van der Waals surface area (Å²) in [4.78, 5) is 4.86. The van der Waals surface area contributed by atoms with Crippen LogP contribution in [0.5, 0.6) is 0 Å². The van der Waals surface area contributed by atoms with Gasteiger partial charge in [0.1, 0.15) is 0 Å². The molecule has 118 valence electrons. The summed E-state index contributed by atoms with van der Waals surface area (Å²) in [5, 5.41) is 0. The lowest BCUT2D eigenvalue weighted by atomic mass is 9.66. The second-order valence-electron chi connectivity index (χ2n) is 7.71. The van der Waals surface area contributed by atoms with Gasteiger partial charge in [0.25, 0.3) is 0 Å². The minimum Gasteiger partial charge on any atom is -0.329 e. The molecule has 0 radical (unpaired) electrons. The average molecular weight is 281 g/mol. The quantitative estimate of drug-likeness (QED) is 0.812. The van der Waals surface area contributed by atoms with E-state index in [4.69, 9.17) is 5.73 Å². The molecule has 0 aliphatic heterocycles. The molecule has 0 aromatic carbocycles. The van der Waals surface area contributed by atoms with Gasteiger partial charge in [-0.1, -0.05) is 12.8 Å². The maximum absolute atomic E-state index is 6.21. The van der Waals surface area contributed by atoms with E-state index in [1.807, 2.05) is 0 Å². The van der Waals surface area contributed by atoms with Gasteiger partial charge in [-0.15, -0.1) is 0 Å². The molecule has 2 saturated carbocycles. The summed E-state index contributed by atoms with van der Waals surface area (Å²) in [6.45, 7) is 3.19. The van der Waals surface area contributed by atoms with Crippen molar-refractivity contribution in [3.63, 3.8) is 0 Å². The maximum atomic E-state index is 6.21. The van der Waals surface area contributed by atoms with E-state index in [2.05, 4.69) is 30.9 Å². The van der Waals surface area contributed by atoms with Gasteiger partial charge in [0.15, 0.2) is 0 Å². The van der Waals surface area contributed by atoms with Crippen LogP contribution in [0.1, 0.15) is 57.8 Å². The first kappa shape index (κ1) is 16.3. The van der Waals surface area contributed by atoms with Crippen LogP contribution < -0.4 is 5.73 Å². The molecule has 1 spiro atoms. The van der Waals surface area contributed by atoms with Crippen molar-refractivity contribution in [1.82, 2.24) is 9.80 Å². The highest BCUT2D eigenvalue weighted by molar-refractivity contribution is 5.00. The lowest BCUT2D eigenvalue weighted by Crippen LogP contribution is -2.55. The predicted octanol–water partition coefficient (Wildman–Crippen LogP) is 2.70. The highest BCUT2D eigenvalue weighted by Gasteiger charge is 2.44. The summed E-state index contributed by atoms with van der Waals surface area (Å²) < 4.78 is 0. The van der Waals surface area contributed by atoms with E-state index in [0.29, 0.717) is 11.0 Å². The lowest BCUT2D eigenvalue weighted by Gasteiger charge is -2.49. The summed E-state index contributed by atoms with van der Waals surface area (Å²) >= 11 is 0. The van der Waals surface area contributed by atoms with E-state index in [9.17, 15) is 0 Å². The first-order valence-corrected chi connectivity index (χ1v) is 8.58. The topological polar surface area (TPSA) is 32.5 Å². The molecule has 2 fully saturated rings. The Bertz CT molecular complexity index is 285. The van der Waals surface area contributed by atoms with E-state index in [-0.39, 0.29) is 0 Å². The van der Waals surface area contributed by atoms with E-state index >= 15 is 0 Å². The van der Waals surface area contributed by atoms with E-state index in [1.165, 1.54) is 70.9 Å². The highest BCUT2D eigenvalue weighted by Crippen LogP contribution is 2.52. The minimum absolute atomic E-state index is 0.292.